The van der Waals surface area contributed by atoms with Crippen LogP contribution in [0, 0.1) is 0 Å². The molecular formula is C23H29N3O2. The highest BCUT2D eigenvalue weighted by Crippen LogP contribution is 2.21. The molecule has 1 saturated heterocycles. The van der Waals surface area contributed by atoms with E-state index in [4.69, 9.17) is 0 Å². The van der Waals surface area contributed by atoms with Crippen LogP contribution in [-0.2, 0) is 16.1 Å². The Kier molecular flexibility index (Phi) is 6.82. The van der Waals surface area contributed by atoms with Gasteiger partial charge in [-0.2, -0.15) is 0 Å². The monoisotopic (exact) mass is 379 g/mol. The summed E-state index contributed by atoms with van der Waals surface area (Å²) in [4.78, 5) is 28.9. The van der Waals surface area contributed by atoms with Crippen LogP contribution in [-0.4, -0.2) is 53.8 Å². The molecular weight excluding hydrogens is 350 g/mol. The van der Waals surface area contributed by atoms with Crippen LogP contribution < -0.4 is 5.32 Å². The van der Waals surface area contributed by atoms with Gasteiger partial charge < -0.3 is 10.2 Å². The standard InChI is InChI=1S/C23H29N3O2/c1-3-25(4-2)22(27)16-21-23(28)24-14-15-26(21)17-18-10-12-20(13-11-18)19-8-6-5-7-9-19/h5-13,21H,3-4,14-17H2,1-2H3,(H,24,28). The Morgan fingerprint density at radius 2 is 1.68 bits per heavy atom. The Balaban J connectivity index is 1.70. The second-order valence-electron chi connectivity index (χ2n) is 7.11. The molecule has 0 aromatic heterocycles. The van der Waals surface area contributed by atoms with Gasteiger partial charge in [0.2, 0.25) is 11.8 Å². The van der Waals surface area contributed by atoms with Crippen LogP contribution in [0.3, 0.4) is 0 Å². The maximum absolute atomic E-state index is 12.5. The van der Waals surface area contributed by atoms with E-state index in [9.17, 15) is 9.59 Å². The molecule has 2 amide bonds. The second kappa shape index (κ2) is 9.51. The van der Waals surface area contributed by atoms with E-state index >= 15 is 0 Å². The van der Waals surface area contributed by atoms with Crippen molar-refractivity contribution in [2.24, 2.45) is 0 Å². The van der Waals surface area contributed by atoms with Crippen molar-refractivity contribution in [2.45, 2.75) is 32.9 Å². The smallest absolute Gasteiger partial charge is 0.237 e. The van der Waals surface area contributed by atoms with E-state index in [0.717, 1.165) is 12.1 Å². The van der Waals surface area contributed by atoms with Gasteiger partial charge in [0.15, 0.2) is 0 Å². The lowest BCUT2D eigenvalue weighted by atomic mass is 10.0. The van der Waals surface area contributed by atoms with Gasteiger partial charge in [-0.1, -0.05) is 54.6 Å². The molecule has 1 unspecified atom stereocenters. The third kappa shape index (κ3) is 4.78. The summed E-state index contributed by atoms with van der Waals surface area (Å²) in [5, 5.41) is 2.91. The van der Waals surface area contributed by atoms with Crippen LogP contribution in [0.2, 0.25) is 0 Å². The molecule has 5 heteroatoms. The Bertz CT molecular complexity index is 785. The average Bonchev–Trinajstić information content (AvgIpc) is 2.73. The van der Waals surface area contributed by atoms with E-state index in [-0.39, 0.29) is 18.2 Å². The summed E-state index contributed by atoms with van der Waals surface area (Å²) in [6.07, 6.45) is 0.232. The molecule has 28 heavy (non-hydrogen) atoms. The zero-order valence-electron chi connectivity index (χ0n) is 16.7. The molecule has 3 rings (SSSR count). The summed E-state index contributed by atoms with van der Waals surface area (Å²) in [6, 6.07) is 18.3. The minimum Gasteiger partial charge on any atom is -0.353 e. The van der Waals surface area contributed by atoms with Crippen LogP contribution in [0.1, 0.15) is 25.8 Å². The number of hydrogen-bond acceptors (Lipinski definition) is 3. The van der Waals surface area contributed by atoms with Crippen LogP contribution >= 0.6 is 0 Å². The average molecular weight is 380 g/mol. The lowest BCUT2D eigenvalue weighted by Crippen LogP contribution is -2.56. The molecule has 0 saturated carbocycles. The van der Waals surface area contributed by atoms with Crippen molar-refractivity contribution in [1.29, 1.82) is 0 Å². The van der Waals surface area contributed by atoms with Gasteiger partial charge in [0, 0.05) is 32.7 Å². The Labute approximate surface area is 167 Å². The number of benzene rings is 2. The highest BCUT2D eigenvalue weighted by molar-refractivity contribution is 5.88. The summed E-state index contributed by atoms with van der Waals surface area (Å²) in [5.41, 5.74) is 3.51. The molecule has 1 aliphatic rings. The maximum atomic E-state index is 12.5. The molecule has 1 aliphatic heterocycles. The van der Waals surface area contributed by atoms with E-state index in [1.54, 1.807) is 4.90 Å². The van der Waals surface area contributed by atoms with E-state index in [2.05, 4.69) is 46.6 Å². The molecule has 5 nitrogen and oxygen atoms in total. The first-order valence-electron chi connectivity index (χ1n) is 10.1. The number of nitrogens with one attached hydrogen (secondary N) is 1. The zero-order valence-corrected chi connectivity index (χ0v) is 16.7. The zero-order chi connectivity index (χ0) is 19.9. The molecule has 0 radical (unpaired) electrons. The summed E-state index contributed by atoms with van der Waals surface area (Å²) in [6.45, 7) is 7.32. The normalized spacial score (nSPS) is 17.2. The van der Waals surface area contributed by atoms with Crippen LogP contribution in [0.25, 0.3) is 11.1 Å². The molecule has 0 spiro atoms. The number of carbonyl (C=O) groups excluding carboxylic acids is 2. The molecule has 148 valence electrons. The summed E-state index contributed by atoms with van der Waals surface area (Å²) < 4.78 is 0. The molecule has 1 fully saturated rings. The first-order valence-corrected chi connectivity index (χ1v) is 10.1. The fourth-order valence-corrected chi connectivity index (χ4v) is 3.71. The molecule has 1 heterocycles. The van der Waals surface area contributed by atoms with Crippen molar-refractivity contribution >= 4 is 11.8 Å². The molecule has 1 N–H and O–H groups in total. The van der Waals surface area contributed by atoms with Gasteiger partial charge in [0.1, 0.15) is 0 Å². The van der Waals surface area contributed by atoms with Crippen molar-refractivity contribution in [3.05, 3.63) is 60.2 Å². The summed E-state index contributed by atoms with van der Waals surface area (Å²) in [7, 11) is 0. The fraction of sp³-hybridized carbons (Fsp3) is 0.391. The molecule has 2 aromatic carbocycles. The number of amides is 2. The molecule has 0 aliphatic carbocycles. The first kappa shape index (κ1) is 20.1. The van der Waals surface area contributed by atoms with E-state index in [0.29, 0.717) is 26.2 Å². The number of nitrogens with zero attached hydrogens (tertiary/aromatic N) is 2. The van der Waals surface area contributed by atoms with Gasteiger partial charge in [0.25, 0.3) is 0 Å². The van der Waals surface area contributed by atoms with Gasteiger partial charge in [-0.05, 0) is 30.5 Å². The molecule has 2 aromatic rings. The summed E-state index contributed by atoms with van der Waals surface area (Å²) in [5.74, 6) is -0.0101. The predicted octanol–water partition coefficient (Wildman–Crippen LogP) is 2.91. The third-order valence-corrected chi connectivity index (χ3v) is 5.37. The van der Waals surface area contributed by atoms with Gasteiger partial charge in [0.05, 0.1) is 12.5 Å². The van der Waals surface area contributed by atoms with Gasteiger partial charge >= 0.3 is 0 Å². The highest BCUT2D eigenvalue weighted by atomic mass is 16.2. The fourth-order valence-electron chi connectivity index (χ4n) is 3.71. The van der Waals surface area contributed by atoms with Crippen molar-refractivity contribution < 1.29 is 9.59 Å². The number of piperazine rings is 1. The SMILES string of the molecule is CCN(CC)C(=O)CC1C(=O)NCCN1Cc1ccc(-c2ccccc2)cc1. The lowest BCUT2D eigenvalue weighted by molar-refractivity contribution is -0.138. The number of carbonyl (C=O) groups is 2. The molecule has 0 bridgehead atoms. The van der Waals surface area contributed by atoms with Gasteiger partial charge in [-0.15, -0.1) is 0 Å². The Hall–Kier alpha value is -2.66. The van der Waals surface area contributed by atoms with Crippen molar-refractivity contribution in [3.8, 4) is 11.1 Å². The van der Waals surface area contributed by atoms with Crippen LogP contribution in [0.4, 0.5) is 0 Å². The van der Waals surface area contributed by atoms with E-state index < -0.39 is 6.04 Å². The topological polar surface area (TPSA) is 52.7 Å². The second-order valence-corrected chi connectivity index (χ2v) is 7.11. The lowest BCUT2D eigenvalue weighted by Gasteiger charge is -2.35. The largest absolute Gasteiger partial charge is 0.353 e. The highest BCUT2D eigenvalue weighted by Gasteiger charge is 2.32. The maximum Gasteiger partial charge on any atom is 0.237 e. The quantitative estimate of drug-likeness (QED) is 0.805. The number of rotatable bonds is 7. The molecule has 1 atom stereocenters. The van der Waals surface area contributed by atoms with E-state index in [1.165, 1.54) is 11.1 Å². The van der Waals surface area contributed by atoms with Crippen LogP contribution in [0.5, 0.6) is 0 Å². The predicted molar refractivity (Wildman–Crippen MR) is 112 cm³/mol. The van der Waals surface area contributed by atoms with E-state index in [1.807, 2.05) is 32.0 Å². The minimum atomic E-state index is -0.407. The first-order chi connectivity index (χ1) is 13.6. The summed E-state index contributed by atoms with van der Waals surface area (Å²) >= 11 is 0. The Morgan fingerprint density at radius 3 is 2.32 bits per heavy atom. The van der Waals surface area contributed by atoms with Crippen molar-refractivity contribution in [3.63, 3.8) is 0 Å². The van der Waals surface area contributed by atoms with Gasteiger partial charge in [-0.25, -0.2) is 0 Å². The van der Waals surface area contributed by atoms with Crippen molar-refractivity contribution in [1.82, 2.24) is 15.1 Å². The van der Waals surface area contributed by atoms with Crippen LogP contribution in [0.15, 0.2) is 54.6 Å². The van der Waals surface area contributed by atoms with Gasteiger partial charge in [-0.3, -0.25) is 14.5 Å². The minimum absolute atomic E-state index is 0.0384. The van der Waals surface area contributed by atoms with Crippen molar-refractivity contribution in [2.75, 3.05) is 26.2 Å². The Morgan fingerprint density at radius 1 is 1.04 bits per heavy atom. The third-order valence-electron chi connectivity index (χ3n) is 5.37. The number of hydrogen-bond donors (Lipinski definition) is 1.